The summed E-state index contributed by atoms with van der Waals surface area (Å²) in [4.78, 5) is 19.0. The van der Waals surface area contributed by atoms with Crippen molar-refractivity contribution < 1.29 is 14.1 Å². The summed E-state index contributed by atoms with van der Waals surface area (Å²) in [5.41, 5.74) is 3.27. The molecule has 34 heavy (non-hydrogen) atoms. The van der Waals surface area contributed by atoms with E-state index in [1.54, 1.807) is 0 Å². The van der Waals surface area contributed by atoms with E-state index in [1.807, 2.05) is 77.7 Å². The van der Waals surface area contributed by atoms with Gasteiger partial charge in [0.15, 0.2) is 0 Å². The third-order valence-electron chi connectivity index (χ3n) is 6.10. The number of aryl methyl sites for hydroxylation is 1. The Morgan fingerprint density at radius 2 is 1.62 bits per heavy atom. The molecule has 1 aliphatic rings. The highest BCUT2D eigenvalue weighted by atomic mass is 16.5. The van der Waals surface area contributed by atoms with Crippen molar-refractivity contribution in [3.63, 3.8) is 0 Å². The van der Waals surface area contributed by atoms with Crippen LogP contribution in [0.25, 0.3) is 11.4 Å². The minimum atomic E-state index is -0.0565. The van der Waals surface area contributed by atoms with Crippen molar-refractivity contribution in [1.82, 2.24) is 15.0 Å². The molecular weight excluding hydrogens is 426 g/mol. The summed E-state index contributed by atoms with van der Waals surface area (Å²) in [5.74, 6) is 1.93. The van der Waals surface area contributed by atoms with Crippen molar-refractivity contribution in [2.45, 2.75) is 31.8 Å². The normalized spacial score (nSPS) is 15.6. The van der Waals surface area contributed by atoms with E-state index in [9.17, 15) is 4.79 Å². The van der Waals surface area contributed by atoms with Crippen LogP contribution in [0.3, 0.4) is 0 Å². The maximum absolute atomic E-state index is 12.5. The highest BCUT2D eigenvalue weighted by Crippen LogP contribution is 2.29. The van der Waals surface area contributed by atoms with Crippen LogP contribution in [-0.2, 0) is 17.8 Å². The topological polar surface area (TPSA) is 68.5 Å². The van der Waals surface area contributed by atoms with E-state index in [2.05, 4.69) is 22.3 Å². The molecule has 1 aliphatic heterocycles. The number of hydrogen-bond donors (Lipinski definition) is 0. The van der Waals surface area contributed by atoms with Crippen molar-refractivity contribution in [2.24, 2.45) is 0 Å². The number of benzene rings is 3. The number of carbonyl (C=O) groups excluding carboxylic acids is 1. The van der Waals surface area contributed by atoms with Gasteiger partial charge in [0.05, 0.1) is 5.92 Å². The smallest absolute Gasteiger partial charge is 0.232 e. The van der Waals surface area contributed by atoms with Gasteiger partial charge in [-0.3, -0.25) is 4.79 Å². The van der Waals surface area contributed by atoms with Crippen LogP contribution in [-0.4, -0.2) is 34.0 Å². The van der Waals surface area contributed by atoms with Crippen LogP contribution in [0.1, 0.15) is 35.8 Å². The zero-order chi connectivity index (χ0) is 23.2. The summed E-state index contributed by atoms with van der Waals surface area (Å²) in [6.45, 7) is 1.89. The summed E-state index contributed by atoms with van der Waals surface area (Å²) in [6, 6.07) is 28.1. The maximum Gasteiger partial charge on any atom is 0.232 e. The molecule has 1 unspecified atom stereocenters. The number of amides is 1. The van der Waals surface area contributed by atoms with Crippen LogP contribution in [0.5, 0.6) is 5.75 Å². The summed E-state index contributed by atoms with van der Waals surface area (Å²) < 4.78 is 11.4. The van der Waals surface area contributed by atoms with Gasteiger partial charge in [0.1, 0.15) is 12.4 Å². The van der Waals surface area contributed by atoms with E-state index in [4.69, 9.17) is 9.26 Å². The van der Waals surface area contributed by atoms with Crippen molar-refractivity contribution in [1.29, 1.82) is 0 Å². The molecule has 3 aromatic carbocycles. The zero-order valence-electron chi connectivity index (χ0n) is 19.0. The molecule has 0 N–H and O–H groups in total. The van der Waals surface area contributed by atoms with Gasteiger partial charge in [-0.1, -0.05) is 65.8 Å². The van der Waals surface area contributed by atoms with Crippen molar-refractivity contribution in [3.05, 3.63) is 102 Å². The predicted octanol–water partition coefficient (Wildman–Crippen LogP) is 5.26. The van der Waals surface area contributed by atoms with E-state index in [1.165, 1.54) is 5.56 Å². The second-order valence-electron chi connectivity index (χ2n) is 8.58. The Labute approximate surface area is 199 Å². The number of nitrogens with zero attached hydrogens (tertiary/aromatic N) is 3. The first-order valence-corrected chi connectivity index (χ1v) is 11.7. The number of aromatic nitrogens is 2. The molecule has 5 rings (SSSR count). The molecule has 1 saturated heterocycles. The van der Waals surface area contributed by atoms with Gasteiger partial charge in [0, 0.05) is 25.1 Å². The van der Waals surface area contributed by atoms with E-state index in [0.717, 1.165) is 36.3 Å². The lowest BCUT2D eigenvalue weighted by molar-refractivity contribution is -0.127. The van der Waals surface area contributed by atoms with Gasteiger partial charge in [-0.2, -0.15) is 4.98 Å². The third-order valence-corrected chi connectivity index (χ3v) is 6.10. The predicted molar refractivity (Wildman–Crippen MR) is 129 cm³/mol. The summed E-state index contributed by atoms with van der Waals surface area (Å²) >= 11 is 0. The lowest BCUT2D eigenvalue weighted by atomic mass is 10.1. The van der Waals surface area contributed by atoms with Crippen molar-refractivity contribution >= 4 is 5.91 Å². The quantitative estimate of drug-likeness (QED) is 0.346. The Bertz CT molecular complexity index is 1210. The Morgan fingerprint density at radius 3 is 2.35 bits per heavy atom. The molecular formula is C28H27N3O3. The Hall–Kier alpha value is -3.93. The minimum absolute atomic E-state index is 0.0565. The fourth-order valence-corrected chi connectivity index (χ4v) is 4.23. The van der Waals surface area contributed by atoms with Gasteiger partial charge in [-0.15, -0.1) is 0 Å². The third kappa shape index (κ3) is 5.34. The van der Waals surface area contributed by atoms with E-state index < -0.39 is 0 Å². The molecule has 0 radical (unpaired) electrons. The summed E-state index contributed by atoms with van der Waals surface area (Å²) in [6.07, 6.45) is 2.32. The van der Waals surface area contributed by atoms with Gasteiger partial charge in [0.2, 0.25) is 17.6 Å². The largest absolute Gasteiger partial charge is 0.489 e. The first-order chi connectivity index (χ1) is 16.7. The monoisotopic (exact) mass is 453 g/mol. The summed E-state index contributed by atoms with van der Waals surface area (Å²) in [7, 11) is 0. The van der Waals surface area contributed by atoms with Gasteiger partial charge < -0.3 is 14.2 Å². The lowest BCUT2D eigenvalue weighted by Crippen LogP contribution is -2.26. The zero-order valence-corrected chi connectivity index (χ0v) is 19.0. The fourth-order valence-electron chi connectivity index (χ4n) is 4.23. The number of hydrogen-bond acceptors (Lipinski definition) is 5. The molecule has 6 heteroatoms. The molecule has 0 spiro atoms. The molecule has 2 heterocycles. The molecule has 1 aromatic heterocycles. The standard InChI is InChI=1S/C28H27N3O3/c32-26-18-24(19-31(26)17-7-12-21-8-3-1-4-9-21)28-29-27(30-34-28)23-13-15-25(16-14-23)33-20-22-10-5-2-6-11-22/h1-6,8-11,13-16,24H,7,12,17-20H2. The van der Waals surface area contributed by atoms with Crippen LogP contribution < -0.4 is 4.74 Å². The molecule has 1 atom stereocenters. The second-order valence-corrected chi connectivity index (χ2v) is 8.58. The van der Waals surface area contributed by atoms with Gasteiger partial charge in [-0.25, -0.2) is 0 Å². The lowest BCUT2D eigenvalue weighted by Gasteiger charge is -2.15. The molecule has 0 saturated carbocycles. The van der Waals surface area contributed by atoms with Crippen LogP contribution in [0.15, 0.2) is 89.5 Å². The molecule has 1 fully saturated rings. The Morgan fingerprint density at radius 1 is 0.912 bits per heavy atom. The fraction of sp³-hybridized carbons (Fsp3) is 0.250. The minimum Gasteiger partial charge on any atom is -0.489 e. The number of carbonyl (C=O) groups is 1. The molecule has 0 aliphatic carbocycles. The highest BCUT2D eigenvalue weighted by molar-refractivity contribution is 5.79. The Kier molecular flexibility index (Phi) is 6.66. The van der Waals surface area contributed by atoms with Crippen LogP contribution in [0.2, 0.25) is 0 Å². The van der Waals surface area contributed by atoms with Crippen molar-refractivity contribution in [3.8, 4) is 17.1 Å². The van der Waals surface area contributed by atoms with Gasteiger partial charge >= 0.3 is 0 Å². The van der Waals surface area contributed by atoms with E-state index >= 15 is 0 Å². The van der Waals surface area contributed by atoms with E-state index in [0.29, 0.717) is 31.3 Å². The van der Waals surface area contributed by atoms with Gasteiger partial charge in [-0.05, 0) is 48.2 Å². The van der Waals surface area contributed by atoms with Crippen LogP contribution >= 0.6 is 0 Å². The van der Waals surface area contributed by atoms with Crippen LogP contribution in [0.4, 0.5) is 0 Å². The molecule has 1 amide bonds. The van der Waals surface area contributed by atoms with Crippen LogP contribution in [0, 0.1) is 0 Å². The number of ether oxygens (including phenoxy) is 1. The molecule has 172 valence electrons. The van der Waals surface area contributed by atoms with E-state index in [-0.39, 0.29) is 11.8 Å². The Balaban J connectivity index is 1.15. The first kappa shape index (κ1) is 21.9. The molecule has 0 bridgehead atoms. The number of rotatable bonds is 9. The highest BCUT2D eigenvalue weighted by Gasteiger charge is 2.34. The first-order valence-electron chi connectivity index (χ1n) is 11.7. The number of likely N-dealkylation sites (tertiary alicyclic amines) is 1. The summed E-state index contributed by atoms with van der Waals surface area (Å²) in [5, 5.41) is 4.15. The molecule has 6 nitrogen and oxygen atoms in total. The van der Waals surface area contributed by atoms with Crippen molar-refractivity contribution in [2.75, 3.05) is 13.1 Å². The second kappa shape index (κ2) is 10.3. The average Bonchev–Trinajstić information content (AvgIpc) is 3.52. The van der Waals surface area contributed by atoms with Gasteiger partial charge in [0.25, 0.3) is 0 Å². The molecule has 4 aromatic rings. The average molecular weight is 454 g/mol. The maximum atomic E-state index is 12.5. The SMILES string of the molecule is O=C1CC(c2nc(-c3ccc(OCc4ccccc4)cc3)no2)CN1CCCc1ccccc1.